The molecular weight excluding hydrogens is 314 g/mol. The predicted octanol–water partition coefficient (Wildman–Crippen LogP) is 3.27. The largest absolute Gasteiger partial charge is 0.489 e. The van der Waals surface area contributed by atoms with Crippen LogP contribution in [0.5, 0.6) is 5.75 Å². The first kappa shape index (κ1) is 18.1. The van der Waals surface area contributed by atoms with Crippen molar-refractivity contribution in [3.63, 3.8) is 0 Å². The van der Waals surface area contributed by atoms with E-state index in [1.165, 1.54) is 12.8 Å². The van der Waals surface area contributed by atoms with E-state index >= 15 is 0 Å². The summed E-state index contributed by atoms with van der Waals surface area (Å²) in [4.78, 5) is 17.5. The number of hydrogen-bond donors (Lipinski definition) is 1. The Kier molecular flexibility index (Phi) is 4.96. The van der Waals surface area contributed by atoms with Gasteiger partial charge in [-0.2, -0.15) is 0 Å². The van der Waals surface area contributed by atoms with Gasteiger partial charge in [-0.05, 0) is 58.4 Å². The van der Waals surface area contributed by atoms with Crippen LogP contribution in [0.15, 0.2) is 12.1 Å². The van der Waals surface area contributed by atoms with E-state index in [0.29, 0.717) is 30.1 Å². The normalized spacial score (nSPS) is 26.6. The Morgan fingerprint density at radius 2 is 2.08 bits per heavy atom. The first-order valence-corrected chi connectivity index (χ1v) is 9.45. The number of likely N-dealkylation sites (N-methyl/N-ethyl adjacent to an activating group) is 1. The highest BCUT2D eigenvalue weighted by molar-refractivity contribution is 6.00. The van der Waals surface area contributed by atoms with Crippen LogP contribution in [0, 0.1) is 0 Å². The lowest BCUT2D eigenvalue weighted by atomic mass is 10.0. The van der Waals surface area contributed by atoms with Crippen molar-refractivity contribution in [1.82, 2.24) is 9.80 Å². The fraction of sp³-hybridized carbons (Fsp3) is 0.650. The van der Waals surface area contributed by atoms with Crippen molar-refractivity contribution in [2.24, 2.45) is 0 Å². The predicted molar refractivity (Wildman–Crippen MR) is 101 cm³/mol. The van der Waals surface area contributed by atoms with Crippen LogP contribution in [0.2, 0.25) is 0 Å². The molecule has 138 valence electrons. The van der Waals surface area contributed by atoms with Crippen LogP contribution >= 0.6 is 0 Å². The van der Waals surface area contributed by atoms with E-state index < -0.39 is 0 Å². The molecule has 2 heterocycles. The summed E-state index contributed by atoms with van der Waals surface area (Å²) in [5.41, 5.74) is 8.42. The Morgan fingerprint density at radius 1 is 1.36 bits per heavy atom. The van der Waals surface area contributed by atoms with E-state index in [0.717, 1.165) is 17.5 Å². The number of benzene rings is 1. The summed E-state index contributed by atoms with van der Waals surface area (Å²) >= 11 is 0. The summed E-state index contributed by atoms with van der Waals surface area (Å²) in [5, 5.41) is 0. The van der Waals surface area contributed by atoms with Gasteiger partial charge in [0.05, 0.1) is 11.8 Å². The van der Waals surface area contributed by atoms with Crippen molar-refractivity contribution in [3.8, 4) is 5.75 Å². The molecule has 1 saturated heterocycles. The van der Waals surface area contributed by atoms with Crippen molar-refractivity contribution in [3.05, 3.63) is 23.3 Å². The van der Waals surface area contributed by atoms with Gasteiger partial charge in [0.1, 0.15) is 5.75 Å². The smallest absolute Gasteiger partial charge is 0.254 e. The Balaban J connectivity index is 1.83. The van der Waals surface area contributed by atoms with Gasteiger partial charge < -0.3 is 15.4 Å². The SMILES string of the molecule is CCCC1CC(N2Cc3cc(OC(C)C)c(N)cc3C2=O)C(C)N1C. The van der Waals surface area contributed by atoms with E-state index in [2.05, 4.69) is 25.8 Å². The molecule has 2 aliphatic heterocycles. The molecule has 25 heavy (non-hydrogen) atoms. The van der Waals surface area contributed by atoms with E-state index in [1.807, 2.05) is 24.8 Å². The maximum atomic E-state index is 13.0. The van der Waals surface area contributed by atoms with Gasteiger partial charge in [0.2, 0.25) is 0 Å². The lowest BCUT2D eigenvalue weighted by Gasteiger charge is -2.29. The fourth-order valence-electron chi connectivity index (χ4n) is 4.29. The standard InChI is InChI=1S/C20H31N3O2/c1-6-7-15-9-18(13(4)22(15)5)23-11-14-8-19(25-12(2)3)17(21)10-16(14)20(23)24/h8,10,12-13,15,18H,6-7,9,11,21H2,1-5H3. The third-order valence-corrected chi connectivity index (χ3v) is 5.74. The van der Waals surface area contributed by atoms with Gasteiger partial charge in [0.15, 0.2) is 0 Å². The zero-order valence-corrected chi connectivity index (χ0v) is 16.1. The van der Waals surface area contributed by atoms with Gasteiger partial charge in [0, 0.05) is 30.2 Å². The quantitative estimate of drug-likeness (QED) is 0.832. The molecule has 1 fully saturated rings. The van der Waals surface area contributed by atoms with Crippen LogP contribution in [0.25, 0.3) is 0 Å². The molecule has 2 aliphatic rings. The lowest BCUT2D eigenvalue weighted by Crippen LogP contribution is -2.43. The zero-order valence-electron chi connectivity index (χ0n) is 16.1. The average molecular weight is 345 g/mol. The number of carbonyl (C=O) groups is 1. The number of carbonyl (C=O) groups excluding carboxylic acids is 1. The summed E-state index contributed by atoms with van der Waals surface area (Å²) in [7, 11) is 2.19. The number of nitrogens with two attached hydrogens (primary N) is 1. The van der Waals surface area contributed by atoms with Gasteiger partial charge >= 0.3 is 0 Å². The van der Waals surface area contributed by atoms with Gasteiger partial charge in [-0.15, -0.1) is 0 Å². The van der Waals surface area contributed by atoms with Crippen molar-refractivity contribution in [1.29, 1.82) is 0 Å². The van der Waals surface area contributed by atoms with Gasteiger partial charge in [0.25, 0.3) is 5.91 Å². The van der Waals surface area contributed by atoms with Crippen LogP contribution in [0.3, 0.4) is 0 Å². The zero-order chi connectivity index (χ0) is 18.3. The first-order chi connectivity index (χ1) is 11.8. The van der Waals surface area contributed by atoms with Crippen LogP contribution < -0.4 is 10.5 Å². The van der Waals surface area contributed by atoms with Gasteiger partial charge in [-0.3, -0.25) is 9.69 Å². The number of hydrogen-bond acceptors (Lipinski definition) is 4. The number of rotatable bonds is 5. The van der Waals surface area contributed by atoms with Crippen molar-refractivity contribution < 1.29 is 9.53 Å². The fourth-order valence-corrected chi connectivity index (χ4v) is 4.29. The molecule has 5 heteroatoms. The molecule has 0 spiro atoms. The van der Waals surface area contributed by atoms with E-state index in [-0.39, 0.29) is 18.1 Å². The van der Waals surface area contributed by atoms with Crippen LogP contribution in [0.1, 0.15) is 62.9 Å². The molecular formula is C20H31N3O2. The third kappa shape index (κ3) is 3.22. The second-order valence-electron chi connectivity index (χ2n) is 7.80. The summed E-state index contributed by atoms with van der Waals surface area (Å²) in [6.45, 7) is 9.08. The maximum absolute atomic E-state index is 13.0. The Bertz CT molecular complexity index is 659. The number of nitrogens with zero attached hydrogens (tertiary/aromatic N) is 2. The highest BCUT2D eigenvalue weighted by Crippen LogP contribution is 2.37. The summed E-state index contributed by atoms with van der Waals surface area (Å²) in [6.07, 6.45) is 3.48. The molecule has 3 unspecified atom stereocenters. The Morgan fingerprint density at radius 3 is 2.72 bits per heavy atom. The number of nitrogen functional groups attached to an aromatic ring is 1. The van der Waals surface area contributed by atoms with Gasteiger partial charge in [-0.25, -0.2) is 0 Å². The van der Waals surface area contributed by atoms with E-state index in [9.17, 15) is 4.79 Å². The highest BCUT2D eigenvalue weighted by Gasteiger charge is 2.43. The molecule has 0 aliphatic carbocycles. The minimum absolute atomic E-state index is 0.0619. The van der Waals surface area contributed by atoms with E-state index in [1.54, 1.807) is 6.07 Å². The van der Waals surface area contributed by atoms with E-state index in [4.69, 9.17) is 10.5 Å². The molecule has 3 atom stereocenters. The van der Waals surface area contributed by atoms with Crippen molar-refractivity contribution in [2.75, 3.05) is 12.8 Å². The number of amides is 1. The number of anilines is 1. The third-order valence-electron chi connectivity index (χ3n) is 5.74. The summed E-state index contributed by atoms with van der Waals surface area (Å²) < 4.78 is 5.79. The Labute approximate surface area is 151 Å². The molecule has 2 N–H and O–H groups in total. The first-order valence-electron chi connectivity index (χ1n) is 9.45. The van der Waals surface area contributed by atoms with Crippen LogP contribution in [0.4, 0.5) is 5.69 Å². The van der Waals surface area contributed by atoms with Crippen LogP contribution in [-0.4, -0.2) is 47.0 Å². The van der Waals surface area contributed by atoms with Crippen LogP contribution in [-0.2, 0) is 6.54 Å². The average Bonchev–Trinajstić information content (AvgIpc) is 3.00. The molecule has 0 aromatic heterocycles. The maximum Gasteiger partial charge on any atom is 0.254 e. The molecule has 3 rings (SSSR count). The highest BCUT2D eigenvalue weighted by atomic mass is 16.5. The van der Waals surface area contributed by atoms with Gasteiger partial charge in [-0.1, -0.05) is 13.3 Å². The summed E-state index contributed by atoms with van der Waals surface area (Å²) in [5.74, 6) is 0.795. The Hall–Kier alpha value is -1.75. The molecule has 1 aromatic carbocycles. The van der Waals surface area contributed by atoms with Crippen molar-refractivity contribution in [2.45, 2.75) is 77.7 Å². The van der Waals surface area contributed by atoms with Crippen molar-refractivity contribution >= 4 is 11.6 Å². The number of ether oxygens (including phenoxy) is 1. The molecule has 1 aromatic rings. The minimum atomic E-state index is 0.0619. The second kappa shape index (κ2) is 6.87. The summed E-state index contributed by atoms with van der Waals surface area (Å²) in [6, 6.07) is 4.94. The molecule has 1 amide bonds. The lowest BCUT2D eigenvalue weighted by molar-refractivity contribution is 0.0671. The number of fused-ring (bicyclic) bond motifs is 1. The molecule has 0 radical (unpaired) electrons. The minimum Gasteiger partial charge on any atom is -0.489 e. The number of likely N-dealkylation sites (tertiary alicyclic amines) is 1. The molecule has 5 nitrogen and oxygen atoms in total. The monoisotopic (exact) mass is 345 g/mol. The molecule has 0 saturated carbocycles. The topological polar surface area (TPSA) is 58.8 Å². The second-order valence-corrected chi connectivity index (χ2v) is 7.80. The molecule has 0 bridgehead atoms.